The van der Waals surface area contributed by atoms with Crippen molar-refractivity contribution in [1.29, 1.82) is 0 Å². The van der Waals surface area contributed by atoms with Gasteiger partial charge in [0.25, 0.3) is 0 Å². The number of carbonyl (C=O) groups is 2. The average molecular weight is 419 g/mol. The molecule has 2 aromatic rings. The van der Waals surface area contributed by atoms with E-state index in [1.165, 1.54) is 12.3 Å². The van der Waals surface area contributed by atoms with Crippen LogP contribution in [-0.2, 0) is 9.59 Å². The summed E-state index contributed by atoms with van der Waals surface area (Å²) in [6.07, 6.45) is 3.17. The Morgan fingerprint density at radius 2 is 1.88 bits per heavy atom. The lowest BCUT2D eigenvalue weighted by Crippen LogP contribution is -2.38. The number of amides is 2. The first-order valence-corrected chi connectivity index (χ1v) is 8.77. The zero-order valence-corrected chi connectivity index (χ0v) is 15.2. The van der Waals surface area contributed by atoms with Crippen molar-refractivity contribution >= 4 is 45.3 Å². The van der Waals surface area contributed by atoms with Gasteiger partial charge in [-0.1, -0.05) is 28.1 Å². The normalized spacial score (nSPS) is 13.5. The van der Waals surface area contributed by atoms with Gasteiger partial charge < -0.3 is 10.6 Å². The molecule has 0 bridgehead atoms. The minimum absolute atomic E-state index is 0.0962. The Morgan fingerprint density at radius 1 is 1.12 bits per heavy atom. The number of anilines is 2. The summed E-state index contributed by atoms with van der Waals surface area (Å²) in [5.41, 5.74) is 3.70. The fourth-order valence-electron chi connectivity index (χ4n) is 2.15. The molecule has 1 fully saturated rings. The van der Waals surface area contributed by atoms with Gasteiger partial charge in [-0.2, -0.15) is 5.10 Å². The molecule has 0 unspecified atom stereocenters. The minimum Gasteiger partial charge on any atom is -0.353 e. The van der Waals surface area contributed by atoms with Gasteiger partial charge in [-0.05, 0) is 43.2 Å². The van der Waals surface area contributed by atoms with Crippen molar-refractivity contribution in [2.24, 2.45) is 5.10 Å². The largest absolute Gasteiger partial charge is 0.353 e. The molecule has 2 aromatic carbocycles. The molecule has 3 rings (SSSR count). The third kappa shape index (κ3) is 4.89. The lowest BCUT2D eigenvalue weighted by molar-refractivity contribution is -0.139. The van der Waals surface area contributed by atoms with E-state index in [1.54, 1.807) is 36.4 Å². The summed E-state index contributed by atoms with van der Waals surface area (Å²) >= 11 is 3.36. The van der Waals surface area contributed by atoms with E-state index >= 15 is 0 Å². The Labute approximate surface area is 158 Å². The quantitative estimate of drug-likeness (QED) is 0.396. The van der Waals surface area contributed by atoms with Gasteiger partial charge in [0.15, 0.2) is 0 Å². The zero-order valence-electron chi connectivity index (χ0n) is 13.6. The van der Waals surface area contributed by atoms with Crippen molar-refractivity contribution in [2.45, 2.75) is 18.9 Å². The predicted molar refractivity (Wildman–Crippen MR) is 101 cm³/mol. The maximum Gasteiger partial charge on any atom is 0.329 e. The number of para-hydroxylation sites is 1. The first kappa shape index (κ1) is 18.1. The molecule has 3 N–H and O–H groups in total. The van der Waals surface area contributed by atoms with Crippen LogP contribution < -0.4 is 16.1 Å². The molecule has 0 atom stereocenters. The van der Waals surface area contributed by atoms with E-state index in [-0.39, 0.29) is 11.9 Å². The average Bonchev–Trinajstić information content (AvgIpc) is 3.43. The van der Waals surface area contributed by atoms with Gasteiger partial charge in [-0.15, -0.1) is 0 Å². The van der Waals surface area contributed by atoms with Gasteiger partial charge in [-0.25, -0.2) is 9.82 Å². The number of benzene rings is 2. The fraction of sp³-hybridized carbons (Fsp3) is 0.167. The Kier molecular flexibility index (Phi) is 5.62. The first-order chi connectivity index (χ1) is 12.5. The van der Waals surface area contributed by atoms with E-state index in [0.717, 1.165) is 17.3 Å². The third-order valence-electron chi connectivity index (χ3n) is 3.65. The molecule has 1 aliphatic carbocycles. The Morgan fingerprint density at radius 3 is 2.62 bits per heavy atom. The molecule has 0 aliphatic heterocycles. The molecule has 0 heterocycles. The molecule has 134 valence electrons. The molecule has 8 heteroatoms. The second-order valence-corrected chi connectivity index (χ2v) is 6.70. The maximum atomic E-state index is 13.8. The highest BCUT2D eigenvalue weighted by molar-refractivity contribution is 9.10. The second-order valence-electron chi connectivity index (χ2n) is 5.78. The van der Waals surface area contributed by atoms with E-state index < -0.39 is 11.8 Å². The van der Waals surface area contributed by atoms with Gasteiger partial charge in [0.1, 0.15) is 5.82 Å². The number of hydrogen-bond donors (Lipinski definition) is 3. The number of carbonyl (C=O) groups excluding carboxylic acids is 2. The van der Waals surface area contributed by atoms with Crippen molar-refractivity contribution in [3.63, 3.8) is 0 Å². The summed E-state index contributed by atoms with van der Waals surface area (Å²) in [6, 6.07) is 11.7. The van der Waals surface area contributed by atoms with Crippen LogP contribution >= 0.6 is 15.9 Å². The molecule has 0 spiro atoms. The smallest absolute Gasteiger partial charge is 0.329 e. The summed E-state index contributed by atoms with van der Waals surface area (Å²) in [6.45, 7) is 0. The van der Waals surface area contributed by atoms with Crippen LogP contribution in [0.2, 0.25) is 0 Å². The lowest BCUT2D eigenvalue weighted by Gasteiger charge is -2.11. The number of hydrazone groups is 1. The van der Waals surface area contributed by atoms with Gasteiger partial charge in [-0.3, -0.25) is 9.59 Å². The first-order valence-electron chi connectivity index (χ1n) is 7.98. The Balaban J connectivity index is 1.70. The molecule has 2 amide bonds. The molecular weight excluding hydrogens is 403 g/mol. The number of nitrogens with one attached hydrogen (secondary N) is 3. The van der Waals surface area contributed by atoms with Gasteiger partial charge >= 0.3 is 11.8 Å². The van der Waals surface area contributed by atoms with Gasteiger partial charge in [0, 0.05) is 21.8 Å². The zero-order chi connectivity index (χ0) is 18.5. The fourth-order valence-corrected chi connectivity index (χ4v) is 2.53. The molecule has 0 radical (unpaired) electrons. The number of nitrogens with zero attached hydrogens (tertiary/aromatic N) is 1. The summed E-state index contributed by atoms with van der Waals surface area (Å²) in [5.74, 6) is -1.92. The van der Waals surface area contributed by atoms with E-state index in [9.17, 15) is 14.0 Å². The minimum atomic E-state index is -0.827. The van der Waals surface area contributed by atoms with E-state index in [4.69, 9.17) is 0 Å². The molecule has 26 heavy (non-hydrogen) atoms. The summed E-state index contributed by atoms with van der Waals surface area (Å²) in [4.78, 5) is 23.2. The molecule has 6 nitrogen and oxygen atoms in total. The lowest BCUT2D eigenvalue weighted by atomic mass is 10.2. The van der Waals surface area contributed by atoms with E-state index in [1.807, 2.05) is 0 Å². The molecular formula is C18H16BrFN4O2. The highest BCUT2D eigenvalue weighted by Gasteiger charge is 2.26. The topological polar surface area (TPSA) is 82.6 Å². The van der Waals surface area contributed by atoms with Gasteiger partial charge in [0.2, 0.25) is 0 Å². The predicted octanol–water partition coefficient (Wildman–Crippen LogP) is 3.06. The molecule has 1 aliphatic rings. The monoisotopic (exact) mass is 418 g/mol. The maximum absolute atomic E-state index is 13.8. The molecule has 0 saturated heterocycles. The van der Waals surface area contributed by atoms with Gasteiger partial charge in [0.05, 0.1) is 11.9 Å². The van der Waals surface area contributed by atoms with E-state index in [0.29, 0.717) is 16.9 Å². The number of rotatable bonds is 5. The Bertz CT molecular complexity index is 868. The van der Waals surface area contributed by atoms with Crippen molar-refractivity contribution < 1.29 is 14.0 Å². The SMILES string of the molecule is O=C(N/N=C\c1cc(Br)ccc1Nc1ccccc1F)C(=O)NC1CC1. The summed E-state index contributed by atoms with van der Waals surface area (Å²) < 4.78 is 14.6. The summed E-state index contributed by atoms with van der Waals surface area (Å²) in [5, 5.41) is 9.38. The van der Waals surface area contributed by atoms with Crippen LogP contribution in [0.5, 0.6) is 0 Å². The molecule has 0 aromatic heterocycles. The third-order valence-corrected chi connectivity index (χ3v) is 4.14. The van der Waals surface area contributed by atoms with Crippen LogP contribution in [0.15, 0.2) is 52.0 Å². The number of hydrogen-bond acceptors (Lipinski definition) is 4. The Hall–Kier alpha value is -2.74. The van der Waals surface area contributed by atoms with Crippen LogP contribution in [0.4, 0.5) is 15.8 Å². The molecule has 1 saturated carbocycles. The van der Waals surface area contributed by atoms with Crippen LogP contribution in [0.3, 0.4) is 0 Å². The second kappa shape index (κ2) is 8.09. The number of halogens is 2. The van der Waals surface area contributed by atoms with Crippen molar-refractivity contribution in [1.82, 2.24) is 10.7 Å². The van der Waals surface area contributed by atoms with Crippen molar-refractivity contribution in [3.05, 3.63) is 58.3 Å². The standard InChI is InChI=1S/C18H16BrFN4O2/c19-12-5-8-15(23-16-4-2-1-3-14(16)20)11(9-12)10-21-24-18(26)17(25)22-13-6-7-13/h1-5,8-10,13,23H,6-7H2,(H,22,25)(H,24,26)/b21-10-. The van der Waals surface area contributed by atoms with Crippen molar-refractivity contribution in [3.8, 4) is 0 Å². The van der Waals surface area contributed by atoms with Crippen molar-refractivity contribution in [2.75, 3.05) is 5.32 Å². The highest BCUT2D eigenvalue weighted by atomic mass is 79.9. The van der Waals surface area contributed by atoms with E-state index in [2.05, 4.69) is 37.1 Å². The highest BCUT2D eigenvalue weighted by Crippen LogP contribution is 2.25. The van der Waals surface area contributed by atoms with Crippen LogP contribution in [0, 0.1) is 5.82 Å². The van der Waals surface area contributed by atoms with Crippen LogP contribution in [-0.4, -0.2) is 24.1 Å². The van der Waals surface area contributed by atoms with Crippen LogP contribution in [0.1, 0.15) is 18.4 Å². The summed E-state index contributed by atoms with van der Waals surface area (Å²) in [7, 11) is 0. The van der Waals surface area contributed by atoms with Crippen LogP contribution in [0.25, 0.3) is 0 Å².